The molecule has 0 saturated heterocycles. The molecule has 0 aliphatic heterocycles. The SMILES string of the molecule is CC(I)C(=O)[O-].[K+]. The summed E-state index contributed by atoms with van der Waals surface area (Å²) in [6.07, 6.45) is 0. The Morgan fingerprint density at radius 1 is 1.86 bits per heavy atom. The first-order valence-corrected chi connectivity index (χ1v) is 2.74. The van der Waals surface area contributed by atoms with Crippen LogP contribution in [0.3, 0.4) is 0 Å². The van der Waals surface area contributed by atoms with Gasteiger partial charge in [-0.2, -0.15) is 0 Å². The van der Waals surface area contributed by atoms with Gasteiger partial charge in [-0.1, -0.05) is 22.6 Å². The van der Waals surface area contributed by atoms with Crippen molar-refractivity contribution in [2.75, 3.05) is 0 Å². The minimum absolute atomic E-state index is 0. The van der Waals surface area contributed by atoms with E-state index in [0.717, 1.165) is 0 Å². The van der Waals surface area contributed by atoms with Gasteiger partial charge < -0.3 is 9.90 Å². The first kappa shape index (κ1) is 11.6. The summed E-state index contributed by atoms with van der Waals surface area (Å²) in [6.45, 7) is 1.57. The summed E-state index contributed by atoms with van der Waals surface area (Å²) in [7, 11) is 0. The molecule has 0 radical (unpaired) electrons. The van der Waals surface area contributed by atoms with Crippen LogP contribution in [0.1, 0.15) is 6.92 Å². The number of carbonyl (C=O) groups is 1. The van der Waals surface area contributed by atoms with E-state index < -0.39 is 5.97 Å². The van der Waals surface area contributed by atoms with Crippen molar-refractivity contribution >= 4 is 28.6 Å². The third-order valence-corrected chi connectivity index (χ3v) is 0.833. The van der Waals surface area contributed by atoms with Crippen molar-refractivity contribution in [3.05, 3.63) is 0 Å². The molecule has 0 aromatic carbocycles. The van der Waals surface area contributed by atoms with Crippen molar-refractivity contribution in [1.82, 2.24) is 0 Å². The number of halogens is 1. The fraction of sp³-hybridized carbons (Fsp3) is 0.667. The second-order valence-corrected chi connectivity index (χ2v) is 2.80. The van der Waals surface area contributed by atoms with E-state index in [9.17, 15) is 9.90 Å². The van der Waals surface area contributed by atoms with Gasteiger partial charge in [0.1, 0.15) is 0 Å². The summed E-state index contributed by atoms with van der Waals surface area (Å²) in [6, 6.07) is 0. The fourth-order valence-corrected chi connectivity index (χ4v) is 0. The number of alkyl halides is 1. The quantitative estimate of drug-likeness (QED) is 0.271. The predicted octanol–water partition coefficient (Wildman–Crippen LogP) is -3.44. The van der Waals surface area contributed by atoms with E-state index in [-0.39, 0.29) is 55.3 Å². The van der Waals surface area contributed by atoms with Crippen LogP contribution in [-0.4, -0.2) is 9.89 Å². The summed E-state index contributed by atoms with van der Waals surface area (Å²) in [5.41, 5.74) is 0. The Morgan fingerprint density at radius 3 is 2.00 bits per heavy atom. The average Bonchev–Trinajstić information content (AvgIpc) is 1.36. The third kappa shape index (κ3) is 7.84. The third-order valence-electron chi connectivity index (χ3n) is 0.325. The molecule has 2 nitrogen and oxygen atoms in total. The summed E-state index contributed by atoms with van der Waals surface area (Å²) in [5, 5.41) is 9.58. The zero-order valence-corrected chi connectivity index (χ0v) is 9.55. The van der Waals surface area contributed by atoms with Gasteiger partial charge in [0.15, 0.2) is 0 Å². The van der Waals surface area contributed by atoms with Crippen LogP contribution in [0, 0.1) is 0 Å². The molecule has 0 aromatic heterocycles. The maximum atomic E-state index is 9.58. The van der Waals surface area contributed by atoms with E-state index in [2.05, 4.69) is 0 Å². The van der Waals surface area contributed by atoms with Crippen LogP contribution >= 0.6 is 22.6 Å². The van der Waals surface area contributed by atoms with Crippen LogP contribution in [0.4, 0.5) is 0 Å². The van der Waals surface area contributed by atoms with E-state index in [1.807, 2.05) is 0 Å². The minimum Gasteiger partial charge on any atom is -0.549 e. The average molecular weight is 238 g/mol. The van der Waals surface area contributed by atoms with Gasteiger partial charge in [0.25, 0.3) is 0 Å². The first-order chi connectivity index (χ1) is 2.64. The number of hydrogen-bond acceptors (Lipinski definition) is 2. The van der Waals surface area contributed by atoms with Crippen molar-refractivity contribution in [3.63, 3.8) is 0 Å². The molecule has 0 aliphatic carbocycles. The largest absolute Gasteiger partial charge is 1.00 e. The van der Waals surface area contributed by atoms with Crippen LogP contribution in [0.15, 0.2) is 0 Å². The molecule has 1 atom stereocenters. The Labute approximate surface area is 98.6 Å². The number of carboxylic acid groups (broad SMARTS) is 1. The van der Waals surface area contributed by atoms with Crippen LogP contribution in [-0.2, 0) is 4.79 Å². The maximum absolute atomic E-state index is 9.58. The predicted molar refractivity (Wildman–Crippen MR) is 28.5 cm³/mol. The molecular formula is C3H4IKO2. The smallest absolute Gasteiger partial charge is 0.549 e. The molecule has 0 bridgehead atoms. The van der Waals surface area contributed by atoms with Gasteiger partial charge in [0.05, 0.1) is 5.97 Å². The van der Waals surface area contributed by atoms with Crippen molar-refractivity contribution in [1.29, 1.82) is 0 Å². The monoisotopic (exact) mass is 238 g/mol. The molecule has 0 rings (SSSR count). The second kappa shape index (κ2) is 5.96. The molecular weight excluding hydrogens is 234 g/mol. The van der Waals surface area contributed by atoms with E-state index in [1.54, 1.807) is 29.5 Å². The Bertz CT molecular complexity index is 64.0. The molecule has 0 aliphatic rings. The van der Waals surface area contributed by atoms with Gasteiger partial charge in [-0.15, -0.1) is 0 Å². The molecule has 4 heteroatoms. The van der Waals surface area contributed by atoms with Crippen LogP contribution in [0.2, 0.25) is 0 Å². The number of hydrogen-bond donors (Lipinski definition) is 0. The van der Waals surface area contributed by atoms with E-state index >= 15 is 0 Å². The molecule has 36 valence electrons. The molecule has 0 fully saturated rings. The van der Waals surface area contributed by atoms with Crippen LogP contribution < -0.4 is 56.5 Å². The van der Waals surface area contributed by atoms with E-state index in [4.69, 9.17) is 0 Å². The minimum atomic E-state index is -1.00. The number of rotatable bonds is 1. The molecule has 1 unspecified atom stereocenters. The van der Waals surface area contributed by atoms with Crippen LogP contribution in [0.25, 0.3) is 0 Å². The summed E-state index contributed by atoms with van der Waals surface area (Å²) >= 11 is 1.77. The summed E-state index contributed by atoms with van der Waals surface area (Å²) in [5.74, 6) is -1.00. The Hall–Kier alpha value is 1.84. The second-order valence-electron chi connectivity index (χ2n) is 0.935. The topological polar surface area (TPSA) is 40.1 Å². The molecule has 0 spiro atoms. The first-order valence-electron chi connectivity index (χ1n) is 1.49. The molecule has 0 heterocycles. The number of aliphatic carboxylic acids is 1. The Balaban J connectivity index is 0. The van der Waals surface area contributed by atoms with Gasteiger partial charge in [0.2, 0.25) is 0 Å². The Kier molecular flexibility index (Phi) is 9.89. The fourth-order valence-electron chi connectivity index (χ4n) is 0. The van der Waals surface area contributed by atoms with Gasteiger partial charge in [0, 0.05) is 3.92 Å². The van der Waals surface area contributed by atoms with Gasteiger partial charge >= 0.3 is 51.4 Å². The van der Waals surface area contributed by atoms with Crippen molar-refractivity contribution in [2.45, 2.75) is 10.8 Å². The van der Waals surface area contributed by atoms with Gasteiger partial charge in [-0.3, -0.25) is 0 Å². The normalized spacial score (nSPS) is 11.7. The van der Waals surface area contributed by atoms with Crippen molar-refractivity contribution in [3.8, 4) is 0 Å². The standard InChI is InChI=1S/C3H5IO2.K/c1-2(4)3(5)6;/h2H,1H3,(H,5,6);/q;+1/p-1. The van der Waals surface area contributed by atoms with Gasteiger partial charge in [-0.25, -0.2) is 0 Å². The molecule has 0 saturated carbocycles. The van der Waals surface area contributed by atoms with Crippen molar-refractivity contribution < 1.29 is 61.3 Å². The molecule has 0 amide bonds. The number of carboxylic acids is 1. The zero-order valence-electron chi connectivity index (χ0n) is 4.27. The maximum Gasteiger partial charge on any atom is 1.00 e. The Morgan fingerprint density at radius 2 is 2.00 bits per heavy atom. The van der Waals surface area contributed by atoms with Crippen LogP contribution in [0.5, 0.6) is 0 Å². The van der Waals surface area contributed by atoms with E-state index in [1.165, 1.54) is 0 Å². The zero-order chi connectivity index (χ0) is 5.15. The van der Waals surface area contributed by atoms with Gasteiger partial charge in [-0.05, 0) is 6.92 Å². The molecule has 0 N–H and O–H groups in total. The van der Waals surface area contributed by atoms with Crippen molar-refractivity contribution in [2.24, 2.45) is 0 Å². The summed E-state index contributed by atoms with van der Waals surface area (Å²) in [4.78, 5) is 9.58. The summed E-state index contributed by atoms with van der Waals surface area (Å²) < 4.78 is -0.373. The molecule has 0 aromatic rings. The molecule has 7 heavy (non-hydrogen) atoms. The van der Waals surface area contributed by atoms with E-state index in [0.29, 0.717) is 0 Å². The number of carbonyl (C=O) groups excluding carboxylic acids is 1.